The highest BCUT2D eigenvalue weighted by molar-refractivity contribution is 5.99. The SMILES string of the molecule is NCCc1cccc(CNC(=O)c2ccc(-c3ccccc3)nc2NCCc2cccc(F)c2)n1. The van der Waals surface area contributed by atoms with E-state index in [4.69, 9.17) is 10.7 Å². The van der Waals surface area contributed by atoms with E-state index in [1.807, 2.05) is 60.7 Å². The first kappa shape index (κ1) is 24.0. The van der Waals surface area contributed by atoms with E-state index in [9.17, 15) is 9.18 Å². The van der Waals surface area contributed by atoms with Crippen molar-refractivity contribution >= 4 is 11.7 Å². The number of pyridine rings is 2. The summed E-state index contributed by atoms with van der Waals surface area (Å²) in [5.74, 6) is -0.0441. The van der Waals surface area contributed by atoms with Crippen LogP contribution < -0.4 is 16.4 Å². The zero-order valence-electron chi connectivity index (χ0n) is 19.4. The van der Waals surface area contributed by atoms with Crippen molar-refractivity contribution < 1.29 is 9.18 Å². The number of hydrogen-bond donors (Lipinski definition) is 3. The Morgan fingerprint density at radius 2 is 1.66 bits per heavy atom. The first-order valence-electron chi connectivity index (χ1n) is 11.6. The molecule has 178 valence electrons. The van der Waals surface area contributed by atoms with E-state index >= 15 is 0 Å². The van der Waals surface area contributed by atoms with Crippen LogP contribution in [0.2, 0.25) is 0 Å². The number of amides is 1. The van der Waals surface area contributed by atoms with Crippen molar-refractivity contribution in [2.45, 2.75) is 19.4 Å². The summed E-state index contributed by atoms with van der Waals surface area (Å²) in [6.45, 7) is 1.31. The van der Waals surface area contributed by atoms with E-state index in [-0.39, 0.29) is 11.7 Å². The minimum atomic E-state index is -0.268. The molecule has 0 fully saturated rings. The van der Waals surface area contributed by atoms with Gasteiger partial charge in [-0.1, -0.05) is 48.5 Å². The number of nitrogens with two attached hydrogens (primary N) is 1. The fraction of sp³-hybridized carbons (Fsp3) is 0.179. The fourth-order valence-corrected chi connectivity index (χ4v) is 3.75. The number of carbonyl (C=O) groups excluding carboxylic acids is 1. The smallest absolute Gasteiger partial charge is 0.255 e. The molecule has 4 aromatic rings. The van der Waals surface area contributed by atoms with Gasteiger partial charge < -0.3 is 16.4 Å². The Bertz CT molecular complexity index is 1280. The monoisotopic (exact) mass is 469 g/mol. The molecule has 0 radical (unpaired) electrons. The van der Waals surface area contributed by atoms with Crippen molar-refractivity contribution in [2.75, 3.05) is 18.4 Å². The topological polar surface area (TPSA) is 92.9 Å². The maximum Gasteiger partial charge on any atom is 0.255 e. The summed E-state index contributed by atoms with van der Waals surface area (Å²) in [4.78, 5) is 22.4. The highest BCUT2D eigenvalue weighted by Gasteiger charge is 2.15. The molecule has 35 heavy (non-hydrogen) atoms. The molecule has 4 rings (SSSR count). The van der Waals surface area contributed by atoms with Gasteiger partial charge in [-0.05, 0) is 54.9 Å². The molecule has 0 aliphatic heterocycles. The second-order valence-electron chi connectivity index (χ2n) is 8.11. The number of carbonyl (C=O) groups is 1. The van der Waals surface area contributed by atoms with Gasteiger partial charge in [0.15, 0.2) is 0 Å². The van der Waals surface area contributed by atoms with Gasteiger partial charge in [0.2, 0.25) is 0 Å². The molecule has 0 atom stereocenters. The summed E-state index contributed by atoms with van der Waals surface area (Å²) in [5, 5.41) is 6.21. The van der Waals surface area contributed by atoms with E-state index in [0.717, 1.165) is 28.2 Å². The lowest BCUT2D eigenvalue weighted by atomic mass is 10.1. The Hall–Kier alpha value is -4.10. The van der Waals surface area contributed by atoms with E-state index < -0.39 is 0 Å². The minimum Gasteiger partial charge on any atom is -0.369 e. The fourth-order valence-electron chi connectivity index (χ4n) is 3.75. The van der Waals surface area contributed by atoms with Crippen LogP contribution in [0.4, 0.5) is 10.2 Å². The van der Waals surface area contributed by atoms with Crippen molar-refractivity contribution in [1.29, 1.82) is 0 Å². The van der Waals surface area contributed by atoms with Crippen LogP contribution in [-0.2, 0) is 19.4 Å². The van der Waals surface area contributed by atoms with Crippen molar-refractivity contribution in [3.63, 3.8) is 0 Å². The zero-order chi connectivity index (χ0) is 24.5. The Morgan fingerprint density at radius 1 is 0.857 bits per heavy atom. The summed E-state index contributed by atoms with van der Waals surface area (Å²) < 4.78 is 13.5. The van der Waals surface area contributed by atoms with Crippen LogP contribution in [0.3, 0.4) is 0 Å². The van der Waals surface area contributed by atoms with E-state index in [1.165, 1.54) is 12.1 Å². The molecular formula is C28H28FN5O. The molecule has 0 aliphatic carbocycles. The van der Waals surface area contributed by atoms with Gasteiger partial charge >= 0.3 is 0 Å². The molecule has 2 aromatic heterocycles. The van der Waals surface area contributed by atoms with Gasteiger partial charge in [0, 0.05) is 24.2 Å². The number of aromatic nitrogens is 2. The van der Waals surface area contributed by atoms with Gasteiger partial charge in [0.05, 0.1) is 23.5 Å². The number of hydrogen-bond acceptors (Lipinski definition) is 5. The van der Waals surface area contributed by atoms with Gasteiger partial charge in [0.25, 0.3) is 5.91 Å². The van der Waals surface area contributed by atoms with Crippen LogP contribution in [0, 0.1) is 5.82 Å². The van der Waals surface area contributed by atoms with E-state index in [2.05, 4.69) is 15.6 Å². The summed E-state index contributed by atoms with van der Waals surface area (Å²) in [6.07, 6.45) is 1.28. The third kappa shape index (κ3) is 6.71. The lowest BCUT2D eigenvalue weighted by Gasteiger charge is -2.14. The molecule has 0 unspecified atom stereocenters. The number of halogens is 1. The van der Waals surface area contributed by atoms with Crippen LogP contribution in [0.5, 0.6) is 0 Å². The van der Waals surface area contributed by atoms with Crippen molar-refractivity contribution in [3.05, 3.63) is 113 Å². The molecule has 2 aromatic carbocycles. The zero-order valence-corrected chi connectivity index (χ0v) is 19.4. The Labute approximate surface area is 204 Å². The number of nitrogens with one attached hydrogen (secondary N) is 2. The molecule has 0 bridgehead atoms. The molecule has 4 N–H and O–H groups in total. The lowest BCUT2D eigenvalue weighted by molar-refractivity contribution is 0.0951. The van der Waals surface area contributed by atoms with Crippen LogP contribution in [0.15, 0.2) is 84.9 Å². The number of benzene rings is 2. The molecule has 7 heteroatoms. The maximum atomic E-state index is 13.5. The quantitative estimate of drug-likeness (QED) is 0.321. The highest BCUT2D eigenvalue weighted by atomic mass is 19.1. The first-order chi connectivity index (χ1) is 17.1. The minimum absolute atomic E-state index is 0.253. The number of anilines is 1. The normalized spacial score (nSPS) is 10.7. The molecule has 0 saturated heterocycles. The molecule has 2 heterocycles. The highest BCUT2D eigenvalue weighted by Crippen LogP contribution is 2.22. The van der Waals surface area contributed by atoms with E-state index in [0.29, 0.717) is 43.9 Å². The summed E-state index contributed by atoms with van der Waals surface area (Å²) >= 11 is 0. The lowest BCUT2D eigenvalue weighted by Crippen LogP contribution is -2.25. The van der Waals surface area contributed by atoms with Crippen LogP contribution >= 0.6 is 0 Å². The third-order valence-corrected chi connectivity index (χ3v) is 5.50. The largest absolute Gasteiger partial charge is 0.369 e. The second-order valence-corrected chi connectivity index (χ2v) is 8.11. The maximum absolute atomic E-state index is 13.5. The predicted octanol–water partition coefficient (Wildman–Crippen LogP) is 4.37. The van der Waals surface area contributed by atoms with Crippen molar-refractivity contribution in [3.8, 4) is 11.3 Å². The van der Waals surface area contributed by atoms with Gasteiger partial charge in [-0.3, -0.25) is 9.78 Å². The Morgan fingerprint density at radius 3 is 2.46 bits per heavy atom. The Kier molecular flexibility index (Phi) is 8.14. The molecule has 1 amide bonds. The van der Waals surface area contributed by atoms with Gasteiger partial charge in [0.1, 0.15) is 11.6 Å². The van der Waals surface area contributed by atoms with Gasteiger partial charge in [-0.2, -0.15) is 0 Å². The number of nitrogens with zero attached hydrogens (tertiary/aromatic N) is 2. The number of rotatable bonds is 10. The van der Waals surface area contributed by atoms with Crippen molar-refractivity contribution in [2.24, 2.45) is 5.73 Å². The van der Waals surface area contributed by atoms with Gasteiger partial charge in [-0.25, -0.2) is 9.37 Å². The predicted molar refractivity (Wildman–Crippen MR) is 136 cm³/mol. The van der Waals surface area contributed by atoms with E-state index in [1.54, 1.807) is 12.1 Å². The summed E-state index contributed by atoms with van der Waals surface area (Å²) in [5.41, 5.74) is 10.3. The molecule has 6 nitrogen and oxygen atoms in total. The Balaban J connectivity index is 1.51. The third-order valence-electron chi connectivity index (χ3n) is 5.50. The van der Waals surface area contributed by atoms with Crippen molar-refractivity contribution in [1.82, 2.24) is 15.3 Å². The van der Waals surface area contributed by atoms with Crippen LogP contribution in [0.1, 0.15) is 27.3 Å². The molecule has 0 aliphatic rings. The second kappa shape index (κ2) is 11.9. The molecule has 0 saturated carbocycles. The van der Waals surface area contributed by atoms with Gasteiger partial charge in [-0.15, -0.1) is 0 Å². The average Bonchev–Trinajstić information content (AvgIpc) is 2.88. The first-order valence-corrected chi connectivity index (χ1v) is 11.6. The van der Waals surface area contributed by atoms with Crippen LogP contribution in [0.25, 0.3) is 11.3 Å². The standard InChI is InChI=1S/C28H28FN5O/c29-22-9-4-6-20(18-22)15-17-31-27-25(12-13-26(34-27)21-7-2-1-3-8-21)28(35)32-19-24-11-5-10-23(33-24)14-16-30/h1-13,18H,14-17,19,30H2,(H,31,34)(H,32,35). The summed E-state index contributed by atoms with van der Waals surface area (Å²) in [7, 11) is 0. The molecule has 0 spiro atoms. The average molecular weight is 470 g/mol. The summed E-state index contributed by atoms with van der Waals surface area (Å²) in [6, 6.07) is 25.6. The van der Waals surface area contributed by atoms with Crippen LogP contribution in [-0.4, -0.2) is 29.0 Å². The molecular weight excluding hydrogens is 441 g/mol.